The second-order valence-electron chi connectivity index (χ2n) is 7.26. The van der Waals surface area contributed by atoms with Gasteiger partial charge in [-0.3, -0.25) is 4.79 Å². The molecule has 0 spiro atoms. The Bertz CT molecular complexity index is 754. The van der Waals surface area contributed by atoms with Gasteiger partial charge in [-0.25, -0.2) is 4.98 Å². The number of rotatable bonds is 3. The van der Waals surface area contributed by atoms with Crippen LogP contribution in [0.1, 0.15) is 47.6 Å². The van der Waals surface area contributed by atoms with Crippen molar-refractivity contribution < 1.29 is 14.4 Å². The number of aryl methyl sites for hydroxylation is 2. The van der Waals surface area contributed by atoms with Crippen molar-refractivity contribution in [1.82, 2.24) is 19.6 Å². The Hall–Kier alpha value is -2.15. The molecule has 7 heteroatoms. The molecule has 7 nitrogen and oxygen atoms in total. The highest BCUT2D eigenvalue weighted by Crippen LogP contribution is 2.41. The summed E-state index contributed by atoms with van der Waals surface area (Å²) in [7, 11) is 0. The number of carbonyl (C=O) groups is 1. The summed E-state index contributed by atoms with van der Waals surface area (Å²) in [5.41, 5.74) is 1.35. The Morgan fingerprint density at radius 1 is 1.36 bits per heavy atom. The van der Waals surface area contributed by atoms with Crippen LogP contribution in [-0.2, 0) is 6.42 Å². The molecule has 1 N–H and O–H groups in total. The minimum atomic E-state index is -0.394. The highest BCUT2D eigenvalue weighted by Gasteiger charge is 2.44. The zero-order chi connectivity index (χ0) is 17.6. The smallest absolute Gasteiger partial charge is 0.259 e. The highest BCUT2D eigenvalue weighted by atomic mass is 16.5. The molecule has 4 atom stereocenters. The number of fused-ring (bicyclic) bond motifs is 1. The van der Waals surface area contributed by atoms with Crippen molar-refractivity contribution in [2.24, 2.45) is 11.8 Å². The van der Waals surface area contributed by atoms with Gasteiger partial charge in [-0.05, 0) is 38.0 Å². The van der Waals surface area contributed by atoms with Crippen LogP contribution >= 0.6 is 0 Å². The highest BCUT2D eigenvalue weighted by molar-refractivity contribution is 5.96. The van der Waals surface area contributed by atoms with Gasteiger partial charge in [0.1, 0.15) is 11.3 Å². The zero-order valence-corrected chi connectivity index (χ0v) is 14.6. The number of likely N-dealkylation sites (tertiary alicyclic amines) is 1. The van der Waals surface area contributed by atoms with E-state index in [1.807, 2.05) is 22.6 Å². The number of imidazole rings is 1. The van der Waals surface area contributed by atoms with Crippen molar-refractivity contribution in [1.29, 1.82) is 0 Å². The molecular weight excluding hydrogens is 320 g/mol. The fourth-order valence-corrected chi connectivity index (χ4v) is 4.45. The molecular formula is C18H24N4O3. The molecule has 0 radical (unpaired) electrons. The van der Waals surface area contributed by atoms with Crippen LogP contribution in [-0.4, -0.2) is 49.8 Å². The van der Waals surface area contributed by atoms with Crippen LogP contribution in [0.25, 0.3) is 0 Å². The molecule has 2 aromatic heterocycles. The Morgan fingerprint density at radius 3 is 2.80 bits per heavy atom. The third kappa shape index (κ3) is 2.76. The van der Waals surface area contributed by atoms with Gasteiger partial charge in [-0.1, -0.05) is 12.1 Å². The van der Waals surface area contributed by atoms with Crippen molar-refractivity contribution in [3.63, 3.8) is 0 Å². The number of hydrogen-bond acceptors (Lipinski definition) is 5. The molecule has 0 unspecified atom stereocenters. The fourth-order valence-electron chi connectivity index (χ4n) is 4.45. The Morgan fingerprint density at radius 2 is 2.12 bits per heavy atom. The van der Waals surface area contributed by atoms with E-state index in [-0.39, 0.29) is 11.9 Å². The molecule has 134 valence electrons. The summed E-state index contributed by atoms with van der Waals surface area (Å²) in [5, 5.41) is 14.5. The topological polar surface area (TPSA) is 84.4 Å². The first-order valence-electron chi connectivity index (χ1n) is 8.98. The molecule has 3 heterocycles. The third-order valence-electron chi connectivity index (χ3n) is 5.79. The second-order valence-corrected chi connectivity index (χ2v) is 7.26. The van der Waals surface area contributed by atoms with E-state index in [4.69, 9.17) is 4.52 Å². The van der Waals surface area contributed by atoms with Crippen molar-refractivity contribution in [2.45, 2.75) is 45.3 Å². The van der Waals surface area contributed by atoms with E-state index in [1.54, 1.807) is 19.4 Å². The van der Waals surface area contributed by atoms with E-state index in [0.717, 1.165) is 25.1 Å². The predicted octanol–water partition coefficient (Wildman–Crippen LogP) is 1.83. The first-order chi connectivity index (χ1) is 12.1. The SMILES string of the molecule is CCc1noc(C)c1C(=O)N1C[C@H]2C[C@@H](n3ccnc3)[C@H](O)C[C@H]2C1. The Kier molecular flexibility index (Phi) is 4.11. The van der Waals surface area contributed by atoms with E-state index in [2.05, 4.69) is 10.1 Å². The van der Waals surface area contributed by atoms with Crippen LogP contribution < -0.4 is 0 Å². The van der Waals surface area contributed by atoms with E-state index in [9.17, 15) is 9.90 Å². The monoisotopic (exact) mass is 344 g/mol. The average Bonchev–Trinajstić information content (AvgIpc) is 3.32. The lowest BCUT2D eigenvalue weighted by Gasteiger charge is -2.35. The van der Waals surface area contributed by atoms with Crippen molar-refractivity contribution in [2.75, 3.05) is 13.1 Å². The maximum atomic E-state index is 13.0. The molecule has 1 saturated heterocycles. The van der Waals surface area contributed by atoms with E-state index in [0.29, 0.717) is 36.1 Å². The molecule has 2 aromatic rings. The average molecular weight is 344 g/mol. The summed E-state index contributed by atoms with van der Waals surface area (Å²) in [5.74, 6) is 1.36. The van der Waals surface area contributed by atoms with Gasteiger partial charge in [0.05, 0.1) is 24.2 Å². The number of carbonyl (C=O) groups excluding carboxylic acids is 1. The predicted molar refractivity (Wildman–Crippen MR) is 90.0 cm³/mol. The van der Waals surface area contributed by atoms with Crippen molar-refractivity contribution in [3.05, 3.63) is 35.7 Å². The molecule has 4 rings (SSSR count). The maximum absolute atomic E-state index is 13.0. The number of aliphatic hydroxyl groups excluding tert-OH is 1. The van der Waals surface area contributed by atoms with Crippen LogP contribution in [0.4, 0.5) is 0 Å². The lowest BCUT2D eigenvalue weighted by molar-refractivity contribution is 0.0357. The number of aromatic nitrogens is 3. The summed E-state index contributed by atoms with van der Waals surface area (Å²) in [6.07, 6.45) is 7.29. The molecule has 1 aliphatic heterocycles. The van der Waals surface area contributed by atoms with E-state index < -0.39 is 6.10 Å². The van der Waals surface area contributed by atoms with Crippen LogP contribution in [0.15, 0.2) is 23.2 Å². The van der Waals surface area contributed by atoms with Crippen molar-refractivity contribution in [3.8, 4) is 0 Å². The Labute approximate surface area is 146 Å². The summed E-state index contributed by atoms with van der Waals surface area (Å²) in [6, 6.07) is 0.0438. The largest absolute Gasteiger partial charge is 0.391 e. The molecule has 1 saturated carbocycles. The summed E-state index contributed by atoms with van der Waals surface area (Å²) >= 11 is 0. The van der Waals surface area contributed by atoms with Gasteiger partial charge in [0, 0.05) is 25.5 Å². The normalized spacial score (nSPS) is 29.0. The fraction of sp³-hybridized carbons (Fsp3) is 0.611. The second kappa shape index (κ2) is 6.29. The molecule has 2 fully saturated rings. The minimum Gasteiger partial charge on any atom is -0.391 e. The van der Waals surface area contributed by atoms with Gasteiger partial charge in [-0.15, -0.1) is 0 Å². The minimum absolute atomic E-state index is 0.0127. The molecule has 0 aromatic carbocycles. The Balaban J connectivity index is 1.51. The molecule has 1 aliphatic carbocycles. The van der Waals surface area contributed by atoms with Crippen LogP contribution in [0.5, 0.6) is 0 Å². The molecule has 2 aliphatic rings. The first kappa shape index (κ1) is 16.3. The van der Waals surface area contributed by atoms with Gasteiger partial charge >= 0.3 is 0 Å². The van der Waals surface area contributed by atoms with Gasteiger partial charge in [0.15, 0.2) is 0 Å². The van der Waals surface area contributed by atoms with Crippen LogP contribution in [0.3, 0.4) is 0 Å². The maximum Gasteiger partial charge on any atom is 0.259 e. The first-order valence-corrected chi connectivity index (χ1v) is 8.98. The number of nitrogens with zero attached hydrogens (tertiary/aromatic N) is 4. The number of hydrogen-bond donors (Lipinski definition) is 1. The van der Waals surface area contributed by atoms with Gasteiger partial charge in [-0.2, -0.15) is 0 Å². The molecule has 0 bridgehead atoms. The van der Waals surface area contributed by atoms with E-state index >= 15 is 0 Å². The number of amides is 1. The van der Waals surface area contributed by atoms with Gasteiger partial charge < -0.3 is 19.1 Å². The molecule has 25 heavy (non-hydrogen) atoms. The summed E-state index contributed by atoms with van der Waals surface area (Å²) in [4.78, 5) is 19.0. The lowest BCUT2D eigenvalue weighted by Crippen LogP contribution is -2.35. The number of aliphatic hydroxyl groups is 1. The molecule has 1 amide bonds. The van der Waals surface area contributed by atoms with Gasteiger partial charge in [0.2, 0.25) is 0 Å². The van der Waals surface area contributed by atoms with Crippen LogP contribution in [0, 0.1) is 18.8 Å². The summed E-state index contributed by atoms with van der Waals surface area (Å²) < 4.78 is 7.21. The summed E-state index contributed by atoms with van der Waals surface area (Å²) in [6.45, 7) is 5.20. The zero-order valence-electron chi connectivity index (χ0n) is 14.6. The van der Waals surface area contributed by atoms with Crippen LogP contribution in [0.2, 0.25) is 0 Å². The lowest BCUT2D eigenvalue weighted by atomic mass is 9.77. The standard InChI is InChI=1S/C18H24N4O3/c1-3-14-17(11(2)25-20-14)18(24)22-8-12-6-15(21-5-4-19-10-21)16(23)7-13(12)9-22/h4-5,10,12-13,15-16,23H,3,6-9H2,1-2H3/t12-,13+,15-,16-/m1/s1. The van der Waals surface area contributed by atoms with E-state index in [1.165, 1.54) is 0 Å². The quantitative estimate of drug-likeness (QED) is 0.918. The third-order valence-corrected chi connectivity index (χ3v) is 5.79. The van der Waals surface area contributed by atoms with Gasteiger partial charge in [0.25, 0.3) is 5.91 Å². The van der Waals surface area contributed by atoms with Crippen molar-refractivity contribution >= 4 is 5.91 Å².